The molecule has 39 heavy (non-hydrogen) atoms. The normalized spacial score (nSPS) is 15.1. The average Bonchev–Trinajstić information content (AvgIpc) is 3.23. The molecule has 0 aliphatic carbocycles. The van der Waals surface area contributed by atoms with E-state index >= 15 is 0 Å². The van der Waals surface area contributed by atoms with Gasteiger partial charge in [0.1, 0.15) is 12.4 Å². The van der Waals surface area contributed by atoms with Crippen LogP contribution >= 0.6 is 22.9 Å². The third-order valence-corrected chi connectivity index (χ3v) is 7.79. The minimum atomic E-state index is -0.622. The third kappa shape index (κ3) is 5.60. The van der Waals surface area contributed by atoms with E-state index in [4.69, 9.17) is 21.1 Å². The second kappa shape index (κ2) is 11.4. The highest BCUT2D eigenvalue weighted by atomic mass is 35.5. The summed E-state index contributed by atoms with van der Waals surface area (Å²) in [6, 6.07) is 22.3. The number of carbonyl (C=O) groups excluding carboxylic acids is 1. The fourth-order valence-corrected chi connectivity index (χ4v) is 5.68. The van der Waals surface area contributed by atoms with Crippen molar-refractivity contribution in [3.05, 3.63) is 131 Å². The molecule has 0 bridgehead atoms. The van der Waals surface area contributed by atoms with Crippen LogP contribution in [0, 0.1) is 6.92 Å². The van der Waals surface area contributed by atoms with E-state index in [2.05, 4.69) is 4.99 Å². The molecule has 1 aliphatic heterocycles. The van der Waals surface area contributed by atoms with Gasteiger partial charge in [0, 0.05) is 10.6 Å². The maximum absolute atomic E-state index is 13.7. The van der Waals surface area contributed by atoms with Crippen LogP contribution < -0.4 is 19.6 Å². The van der Waals surface area contributed by atoms with Crippen LogP contribution in [0.5, 0.6) is 5.75 Å². The maximum atomic E-state index is 13.7. The number of benzene rings is 3. The largest absolute Gasteiger partial charge is 0.489 e. The monoisotopic (exact) mass is 558 g/mol. The third-order valence-electron chi connectivity index (χ3n) is 6.44. The minimum absolute atomic E-state index is 0.210. The number of aromatic nitrogens is 1. The zero-order chi connectivity index (χ0) is 27.5. The van der Waals surface area contributed by atoms with Crippen LogP contribution in [0.1, 0.15) is 42.1 Å². The van der Waals surface area contributed by atoms with E-state index in [0.29, 0.717) is 38.0 Å². The van der Waals surface area contributed by atoms with Gasteiger partial charge in [-0.05, 0) is 56.2 Å². The van der Waals surface area contributed by atoms with Gasteiger partial charge in [0.05, 0.1) is 28.5 Å². The Kier molecular flexibility index (Phi) is 7.82. The standard InChI is InChI=1S/C31H27ClN2O4S/c1-4-37-30(36)27-20(3)33-31-34(28(27)22-13-9-19(2)10-14-22)29(35)26(39-31)17-21-11-15-24(16-12-21)38-18-23-7-5-6-8-25(23)32/h5-17,28H,4,18H2,1-3H3/b26-17-/t28-/m0/s1. The first-order valence-electron chi connectivity index (χ1n) is 12.6. The number of esters is 1. The molecule has 2 heterocycles. The molecule has 0 N–H and O–H groups in total. The summed E-state index contributed by atoms with van der Waals surface area (Å²) in [5, 5.41) is 0.662. The molecule has 3 aromatic carbocycles. The Labute approximate surface area is 235 Å². The van der Waals surface area contributed by atoms with Crippen LogP contribution in [0.4, 0.5) is 0 Å². The van der Waals surface area contributed by atoms with Gasteiger partial charge < -0.3 is 9.47 Å². The average molecular weight is 559 g/mol. The molecular formula is C31H27ClN2O4S. The fraction of sp³-hybridized carbons (Fsp3) is 0.194. The van der Waals surface area contributed by atoms with E-state index in [1.807, 2.05) is 85.8 Å². The molecular weight excluding hydrogens is 532 g/mol. The number of nitrogens with zero attached hydrogens (tertiary/aromatic N) is 2. The number of fused-ring (bicyclic) bond motifs is 1. The van der Waals surface area contributed by atoms with E-state index in [9.17, 15) is 9.59 Å². The summed E-state index contributed by atoms with van der Waals surface area (Å²) in [4.78, 5) is 31.9. The lowest BCUT2D eigenvalue weighted by molar-refractivity contribution is -0.139. The molecule has 5 rings (SSSR count). The van der Waals surface area contributed by atoms with Crippen molar-refractivity contribution in [2.45, 2.75) is 33.4 Å². The van der Waals surface area contributed by atoms with Crippen molar-refractivity contribution < 1.29 is 14.3 Å². The van der Waals surface area contributed by atoms with Crippen molar-refractivity contribution in [2.75, 3.05) is 6.61 Å². The molecule has 0 saturated carbocycles. The molecule has 1 aliphatic rings. The van der Waals surface area contributed by atoms with Crippen molar-refractivity contribution in [3.8, 4) is 5.75 Å². The van der Waals surface area contributed by atoms with Crippen LogP contribution in [-0.4, -0.2) is 17.1 Å². The van der Waals surface area contributed by atoms with Crippen LogP contribution in [0.2, 0.25) is 5.02 Å². The van der Waals surface area contributed by atoms with E-state index in [1.54, 1.807) is 18.4 Å². The number of thiazole rings is 1. The Hall–Kier alpha value is -3.94. The molecule has 198 valence electrons. The van der Waals surface area contributed by atoms with Gasteiger partial charge in [0.15, 0.2) is 4.80 Å². The molecule has 0 unspecified atom stereocenters. The topological polar surface area (TPSA) is 69.9 Å². The Bertz CT molecular complexity index is 1740. The summed E-state index contributed by atoms with van der Waals surface area (Å²) in [5.74, 6) is 0.230. The SMILES string of the molecule is CCOC(=O)C1=C(C)N=c2s/c(=C\c3ccc(OCc4ccccc4Cl)cc3)c(=O)n2[C@H]1c1ccc(C)cc1. The number of aryl methyl sites for hydroxylation is 1. The molecule has 6 nitrogen and oxygen atoms in total. The lowest BCUT2D eigenvalue weighted by atomic mass is 9.95. The Balaban J connectivity index is 1.50. The highest BCUT2D eigenvalue weighted by molar-refractivity contribution is 7.07. The van der Waals surface area contributed by atoms with Gasteiger partial charge >= 0.3 is 5.97 Å². The zero-order valence-electron chi connectivity index (χ0n) is 21.8. The second-order valence-electron chi connectivity index (χ2n) is 9.16. The summed E-state index contributed by atoms with van der Waals surface area (Å²) in [6.45, 7) is 6.14. The number of halogens is 1. The minimum Gasteiger partial charge on any atom is -0.489 e. The number of ether oxygens (including phenoxy) is 2. The number of carbonyl (C=O) groups is 1. The first-order chi connectivity index (χ1) is 18.9. The summed E-state index contributed by atoms with van der Waals surface area (Å²) in [5.41, 5.74) is 4.38. The first-order valence-corrected chi connectivity index (χ1v) is 13.8. The van der Waals surface area contributed by atoms with Crippen molar-refractivity contribution in [2.24, 2.45) is 4.99 Å². The van der Waals surface area contributed by atoms with Crippen molar-refractivity contribution >= 4 is 35.0 Å². The summed E-state index contributed by atoms with van der Waals surface area (Å²) >= 11 is 7.52. The van der Waals surface area contributed by atoms with Crippen LogP contribution in [-0.2, 0) is 16.1 Å². The number of hydrogen-bond donors (Lipinski definition) is 0. The molecule has 0 saturated heterocycles. The lowest BCUT2D eigenvalue weighted by Gasteiger charge is -2.24. The highest BCUT2D eigenvalue weighted by Gasteiger charge is 2.33. The molecule has 0 radical (unpaired) electrons. The molecule has 1 atom stereocenters. The van der Waals surface area contributed by atoms with E-state index in [1.165, 1.54) is 11.3 Å². The smallest absolute Gasteiger partial charge is 0.338 e. The van der Waals surface area contributed by atoms with Crippen molar-refractivity contribution in [1.82, 2.24) is 4.57 Å². The van der Waals surface area contributed by atoms with Gasteiger partial charge in [-0.25, -0.2) is 9.79 Å². The van der Waals surface area contributed by atoms with Gasteiger partial charge in [0.2, 0.25) is 0 Å². The van der Waals surface area contributed by atoms with E-state index in [0.717, 1.165) is 22.3 Å². The van der Waals surface area contributed by atoms with Crippen LogP contribution in [0.3, 0.4) is 0 Å². The zero-order valence-corrected chi connectivity index (χ0v) is 23.4. The number of rotatable bonds is 7. The van der Waals surface area contributed by atoms with Crippen molar-refractivity contribution in [3.63, 3.8) is 0 Å². The van der Waals surface area contributed by atoms with E-state index in [-0.39, 0.29) is 12.2 Å². The van der Waals surface area contributed by atoms with Crippen molar-refractivity contribution in [1.29, 1.82) is 0 Å². The van der Waals surface area contributed by atoms with Gasteiger partial charge in [-0.1, -0.05) is 83.1 Å². The molecule has 0 fully saturated rings. The van der Waals surface area contributed by atoms with Gasteiger partial charge in [-0.15, -0.1) is 0 Å². The van der Waals surface area contributed by atoms with Gasteiger partial charge in [-0.3, -0.25) is 9.36 Å². The summed E-state index contributed by atoms with van der Waals surface area (Å²) in [7, 11) is 0. The predicted molar refractivity (Wildman–Crippen MR) is 154 cm³/mol. The highest BCUT2D eigenvalue weighted by Crippen LogP contribution is 2.31. The summed E-state index contributed by atoms with van der Waals surface area (Å²) in [6.07, 6.45) is 1.83. The first kappa shape index (κ1) is 26.7. The molecule has 0 spiro atoms. The molecule has 1 aromatic heterocycles. The number of hydrogen-bond acceptors (Lipinski definition) is 6. The Morgan fingerprint density at radius 2 is 1.77 bits per heavy atom. The van der Waals surface area contributed by atoms with Gasteiger partial charge in [-0.2, -0.15) is 0 Å². The Morgan fingerprint density at radius 1 is 1.05 bits per heavy atom. The molecule has 0 amide bonds. The Morgan fingerprint density at radius 3 is 2.46 bits per heavy atom. The molecule has 4 aromatic rings. The predicted octanol–water partition coefficient (Wildman–Crippen LogP) is 5.34. The molecule has 8 heteroatoms. The quantitative estimate of drug-likeness (QED) is 0.287. The van der Waals surface area contributed by atoms with Gasteiger partial charge in [0.25, 0.3) is 5.56 Å². The van der Waals surface area contributed by atoms with Crippen LogP contribution in [0.15, 0.2) is 93.9 Å². The van der Waals surface area contributed by atoms with Crippen LogP contribution in [0.25, 0.3) is 6.08 Å². The summed E-state index contributed by atoms with van der Waals surface area (Å²) < 4.78 is 13.4. The lowest BCUT2D eigenvalue weighted by Crippen LogP contribution is -2.39. The van der Waals surface area contributed by atoms with E-state index < -0.39 is 12.0 Å². The maximum Gasteiger partial charge on any atom is 0.338 e. The number of allylic oxidation sites excluding steroid dienone is 1. The fourth-order valence-electron chi connectivity index (χ4n) is 4.44. The second-order valence-corrected chi connectivity index (χ2v) is 10.6.